The van der Waals surface area contributed by atoms with Crippen molar-refractivity contribution in [1.82, 2.24) is 0 Å². The normalized spacial score (nSPS) is 9.54. The minimum atomic E-state index is -5.05. The summed E-state index contributed by atoms with van der Waals surface area (Å²) in [6.45, 7) is 0. The van der Waals surface area contributed by atoms with Crippen LogP contribution in [0.3, 0.4) is 0 Å². The van der Waals surface area contributed by atoms with Crippen LogP contribution in [0.5, 0.6) is 0 Å². The first kappa shape index (κ1) is 29.8. The maximum atomic E-state index is 9.63. The molecule has 0 saturated carbocycles. The van der Waals surface area contributed by atoms with E-state index < -0.39 is 15.6 Å². The molecule has 0 aliphatic rings. The standard InChI is InChI=1S/Al.3Mg.H4O7P2.9H/c;;;;1-8(2,3)7-9(4,5)6;;;;;;;;;/h;;;;(H2,1,2,3)(H2,4,5,6);;;;;;;;;/q;3*+2;;;;;6*-1. The van der Waals surface area contributed by atoms with Crippen LogP contribution >= 0.6 is 15.6 Å². The van der Waals surface area contributed by atoms with E-state index in [4.69, 9.17) is 19.6 Å². The number of rotatable bonds is 2. The number of phosphoric acid groups is 2. The van der Waals surface area contributed by atoms with Crippen molar-refractivity contribution < 1.29 is 41.6 Å². The molecule has 7 nitrogen and oxygen atoms in total. The molecule has 0 aromatic carbocycles. The van der Waals surface area contributed by atoms with E-state index in [1.54, 1.807) is 0 Å². The van der Waals surface area contributed by atoms with E-state index in [9.17, 15) is 9.13 Å². The Kier molecular flexibility index (Phi) is 26.5. The summed E-state index contributed by atoms with van der Waals surface area (Å²) in [5.74, 6) is 0. The molecule has 0 atom stereocenters. The van der Waals surface area contributed by atoms with Crippen LogP contribution in [-0.4, -0.2) is 106 Å². The van der Waals surface area contributed by atoms with Crippen LogP contribution in [0.15, 0.2) is 0 Å². The van der Waals surface area contributed by atoms with Gasteiger partial charge in [-0.15, -0.1) is 0 Å². The van der Waals surface area contributed by atoms with Crippen molar-refractivity contribution in [3.05, 3.63) is 0 Å². The molecule has 0 saturated heterocycles. The largest absolute Gasteiger partial charge is 2.00 e. The predicted octanol–water partition coefficient (Wildman–Crippen LogP) is -2.46. The van der Waals surface area contributed by atoms with Crippen LogP contribution in [0, 0.1) is 0 Å². The van der Waals surface area contributed by atoms with Crippen molar-refractivity contribution in [2.45, 2.75) is 0 Å². The van der Waals surface area contributed by atoms with E-state index >= 15 is 0 Å². The summed E-state index contributed by atoms with van der Waals surface area (Å²) in [7, 11) is -10.1. The maximum absolute atomic E-state index is 9.63. The van der Waals surface area contributed by atoms with Crippen molar-refractivity contribution in [3.63, 3.8) is 0 Å². The van der Waals surface area contributed by atoms with Crippen molar-refractivity contribution in [1.29, 1.82) is 0 Å². The molecule has 0 rings (SSSR count). The third-order valence-electron chi connectivity index (χ3n) is 0.213. The van der Waals surface area contributed by atoms with E-state index in [0.717, 1.165) is 0 Å². The van der Waals surface area contributed by atoms with Gasteiger partial charge in [0.25, 0.3) is 0 Å². The van der Waals surface area contributed by atoms with E-state index in [-0.39, 0.29) is 95.1 Å². The van der Waals surface area contributed by atoms with Gasteiger partial charge in [0.1, 0.15) is 0 Å². The van der Waals surface area contributed by atoms with Gasteiger partial charge in [0.05, 0.1) is 0 Å². The van der Waals surface area contributed by atoms with Gasteiger partial charge in [-0.05, 0) is 0 Å². The molecule has 0 unspecified atom stereocenters. The second-order valence-electron chi connectivity index (χ2n) is 1.06. The zero-order valence-corrected chi connectivity index (χ0v) is 12.1. The molecule has 0 aliphatic heterocycles. The Hall–Kier alpha value is 3.09. The Morgan fingerprint density at radius 3 is 1.00 bits per heavy atom. The Morgan fingerprint density at radius 1 is 0.846 bits per heavy atom. The molecule has 0 fully saturated rings. The number of hydrogen-bond donors (Lipinski definition) is 4. The fourth-order valence-corrected chi connectivity index (χ4v) is 1.25. The molecule has 0 heterocycles. The molecule has 4 N–H and O–H groups in total. The molecular formula is H13AlMg3O7P2. The average molecular weight is 287 g/mol. The zero-order valence-electron chi connectivity index (χ0n) is 12.0. The number of hydrogen-bond acceptors (Lipinski definition) is 3. The van der Waals surface area contributed by atoms with Crippen LogP contribution < -0.4 is 0 Å². The molecule has 0 spiro atoms. The van der Waals surface area contributed by atoms with Crippen LogP contribution in [0.1, 0.15) is 8.56 Å². The summed E-state index contributed by atoms with van der Waals surface area (Å²) in [6.07, 6.45) is 0. The smallest absolute Gasteiger partial charge is 1.00 e. The first-order chi connectivity index (χ1) is 3.71. The first-order valence-electron chi connectivity index (χ1n) is 1.53. The minimum Gasteiger partial charge on any atom is -1.00 e. The van der Waals surface area contributed by atoms with Gasteiger partial charge in [0, 0.05) is 0 Å². The second-order valence-corrected chi connectivity index (χ2v) is 3.68. The topological polar surface area (TPSA) is 124 Å². The Balaban J connectivity index is -0.00000000711. The molecule has 0 aliphatic carbocycles. The summed E-state index contributed by atoms with van der Waals surface area (Å²) in [6, 6.07) is 0. The van der Waals surface area contributed by atoms with Gasteiger partial charge >= 0.3 is 84.8 Å². The molecular weight excluding hydrogens is 274 g/mol. The maximum Gasteiger partial charge on any atom is 2.00 e. The molecule has 0 amide bonds. The Morgan fingerprint density at radius 2 is 1.00 bits per heavy atom. The molecule has 0 radical (unpaired) electrons. The zero-order chi connectivity index (χ0) is 7.71. The van der Waals surface area contributed by atoms with Crippen LogP contribution in [0.4, 0.5) is 0 Å². The summed E-state index contributed by atoms with van der Waals surface area (Å²) in [5.41, 5.74) is 0. The quantitative estimate of drug-likeness (QED) is 0.328. The van der Waals surface area contributed by atoms with Crippen molar-refractivity contribution in [2.24, 2.45) is 0 Å². The summed E-state index contributed by atoms with van der Waals surface area (Å²) in [4.78, 5) is 31.0. The van der Waals surface area contributed by atoms with Gasteiger partial charge in [-0.1, -0.05) is 0 Å². The van der Waals surface area contributed by atoms with Gasteiger partial charge < -0.3 is 28.1 Å². The van der Waals surface area contributed by atoms with E-state index in [1.807, 2.05) is 0 Å². The third kappa shape index (κ3) is 31.3. The summed E-state index contributed by atoms with van der Waals surface area (Å²) in [5, 5.41) is 0. The van der Waals surface area contributed by atoms with Crippen molar-refractivity contribution in [2.75, 3.05) is 0 Å². The SMILES string of the molecule is O=P(O)(O)OP(=O)(O)O.[AlH3].[H-].[H-].[H-].[H-].[H-].[H-].[Mg+2].[Mg+2].[Mg+2]. The van der Waals surface area contributed by atoms with Crippen LogP contribution in [0.25, 0.3) is 0 Å². The molecule has 0 aromatic heterocycles. The molecule has 0 aromatic rings. The van der Waals surface area contributed by atoms with E-state index in [0.29, 0.717) is 0 Å². The van der Waals surface area contributed by atoms with E-state index in [1.165, 1.54) is 0 Å². The van der Waals surface area contributed by atoms with Crippen LogP contribution in [0.2, 0.25) is 0 Å². The monoisotopic (exact) mass is 286 g/mol. The van der Waals surface area contributed by atoms with Gasteiger partial charge in [0.15, 0.2) is 17.4 Å². The third-order valence-corrected chi connectivity index (χ3v) is 1.91. The van der Waals surface area contributed by atoms with Crippen molar-refractivity contribution >= 4 is 102 Å². The summed E-state index contributed by atoms with van der Waals surface area (Å²) >= 11 is 0. The van der Waals surface area contributed by atoms with Crippen LogP contribution in [-0.2, 0) is 13.4 Å². The fourth-order valence-electron chi connectivity index (χ4n) is 0.139. The van der Waals surface area contributed by atoms with Gasteiger partial charge in [-0.2, -0.15) is 4.31 Å². The Bertz CT molecular complexity index is 179. The van der Waals surface area contributed by atoms with E-state index in [2.05, 4.69) is 4.31 Å². The Labute approximate surface area is 142 Å². The summed E-state index contributed by atoms with van der Waals surface area (Å²) < 4.78 is 22.2. The van der Waals surface area contributed by atoms with Gasteiger partial charge in [0.2, 0.25) is 0 Å². The van der Waals surface area contributed by atoms with Gasteiger partial charge in [-0.3, -0.25) is 0 Å². The fraction of sp³-hybridized carbons (Fsp3) is 0. The molecule has 13 heteroatoms. The van der Waals surface area contributed by atoms with Crippen molar-refractivity contribution in [3.8, 4) is 0 Å². The first-order valence-corrected chi connectivity index (χ1v) is 4.59. The molecule has 0 bridgehead atoms. The molecule has 74 valence electrons. The second kappa shape index (κ2) is 11.6. The average Bonchev–Trinajstić information content (AvgIpc) is 1.14. The predicted molar refractivity (Wildman–Crippen MR) is 59.0 cm³/mol. The van der Waals surface area contributed by atoms with Gasteiger partial charge in [-0.25, -0.2) is 9.13 Å². The molecule has 13 heavy (non-hydrogen) atoms. The minimum absolute atomic E-state index is 0.